The highest BCUT2D eigenvalue weighted by Crippen LogP contribution is 2.21. The van der Waals surface area contributed by atoms with Crippen LogP contribution in [0.5, 0.6) is 0 Å². The molecule has 1 amide bonds. The van der Waals surface area contributed by atoms with Crippen molar-refractivity contribution >= 4 is 5.91 Å². The first-order chi connectivity index (χ1) is 7.66. The van der Waals surface area contributed by atoms with Crippen molar-refractivity contribution in [3.63, 3.8) is 0 Å². The SMILES string of the molecule is CC(C)C(=O)N1CCC(CN2CCCC2)C1. The fraction of sp³-hybridized carbons (Fsp3) is 0.923. The normalized spacial score (nSPS) is 26.9. The van der Waals surface area contributed by atoms with E-state index in [-0.39, 0.29) is 5.92 Å². The third-order valence-electron chi connectivity index (χ3n) is 3.81. The molecule has 1 atom stereocenters. The number of rotatable bonds is 3. The largest absolute Gasteiger partial charge is 0.342 e. The summed E-state index contributed by atoms with van der Waals surface area (Å²) in [7, 11) is 0. The molecule has 0 N–H and O–H groups in total. The second-order valence-electron chi connectivity index (χ2n) is 5.60. The molecule has 0 bridgehead atoms. The van der Waals surface area contributed by atoms with Gasteiger partial charge in [-0.05, 0) is 38.3 Å². The van der Waals surface area contributed by atoms with E-state index >= 15 is 0 Å². The predicted molar refractivity (Wildman–Crippen MR) is 65.2 cm³/mol. The van der Waals surface area contributed by atoms with Gasteiger partial charge < -0.3 is 9.80 Å². The van der Waals surface area contributed by atoms with Crippen molar-refractivity contribution in [1.29, 1.82) is 0 Å². The van der Waals surface area contributed by atoms with Crippen molar-refractivity contribution in [3.05, 3.63) is 0 Å². The Labute approximate surface area is 98.8 Å². The zero-order valence-corrected chi connectivity index (χ0v) is 10.6. The average molecular weight is 224 g/mol. The Kier molecular flexibility index (Phi) is 3.85. The molecule has 0 aromatic rings. The molecule has 2 saturated heterocycles. The molecule has 2 aliphatic rings. The molecule has 2 fully saturated rings. The van der Waals surface area contributed by atoms with E-state index in [1.807, 2.05) is 13.8 Å². The van der Waals surface area contributed by atoms with Gasteiger partial charge in [-0.25, -0.2) is 0 Å². The Balaban J connectivity index is 1.76. The van der Waals surface area contributed by atoms with Gasteiger partial charge in [-0.1, -0.05) is 13.8 Å². The lowest BCUT2D eigenvalue weighted by molar-refractivity contribution is -0.133. The molecule has 0 aliphatic carbocycles. The molecular formula is C13H24N2O. The number of nitrogens with zero attached hydrogens (tertiary/aromatic N) is 2. The summed E-state index contributed by atoms with van der Waals surface area (Å²) in [6.07, 6.45) is 3.93. The first kappa shape index (κ1) is 11.9. The summed E-state index contributed by atoms with van der Waals surface area (Å²) in [5.41, 5.74) is 0. The highest BCUT2D eigenvalue weighted by molar-refractivity contribution is 5.78. The Morgan fingerprint density at radius 1 is 1.25 bits per heavy atom. The van der Waals surface area contributed by atoms with E-state index in [1.165, 1.54) is 38.9 Å². The fourth-order valence-electron chi connectivity index (χ4n) is 2.88. The second kappa shape index (κ2) is 5.17. The smallest absolute Gasteiger partial charge is 0.225 e. The summed E-state index contributed by atoms with van der Waals surface area (Å²) in [4.78, 5) is 16.5. The van der Waals surface area contributed by atoms with E-state index < -0.39 is 0 Å². The molecule has 92 valence electrons. The fourth-order valence-corrected chi connectivity index (χ4v) is 2.88. The second-order valence-corrected chi connectivity index (χ2v) is 5.60. The maximum Gasteiger partial charge on any atom is 0.225 e. The van der Waals surface area contributed by atoms with Gasteiger partial charge in [0.1, 0.15) is 0 Å². The van der Waals surface area contributed by atoms with E-state index in [1.54, 1.807) is 0 Å². The van der Waals surface area contributed by atoms with E-state index in [2.05, 4.69) is 9.80 Å². The molecule has 0 aromatic heterocycles. The minimum atomic E-state index is 0.158. The van der Waals surface area contributed by atoms with Gasteiger partial charge >= 0.3 is 0 Å². The Bertz CT molecular complexity index is 246. The van der Waals surface area contributed by atoms with Crippen LogP contribution in [0.15, 0.2) is 0 Å². The zero-order chi connectivity index (χ0) is 11.5. The van der Waals surface area contributed by atoms with Crippen LogP contribution < -0.4 is 0 Å². The van der Waals surface area contributed by atoms with Gasteiger partial charge in [0.05, 0.1) is 0 Å². The predicted octanol–water partition coefficient (Wildman–Crippen LogP) is 1.59. The van der Waals surface area contributed by atoms with Gasteiger partial charge in [0.2, 0.25) is 5.91 Å². The van der Waals surface area contributed by atoms with Crippen LogP contribution in [0.2, 0.25) is 0 Å². The summed E-state index contributed by atoms with van der Waals surface area (Å²) in [5, 5.41) is 0. The van der Waals surface area contributed by atoms with Crippen LogP contribution in [-0.4, -0.2) is 48.4 Å². The van der Waals surface area contributed by atoms with E-state index in [9.17, 15) is 4.79 Å². The highest BCUT2D eigenvalue weighted by Gasteiger charge is 2.29. The number of likely N-dealkylation sites (tertiary alicyclic amines) is 2. The van der Waals surface area contributed by atoms with Crippen molar-refractivity contribution in [2.75, 3.05) is 32.7 Å². The van der Waals surface area contributed by atoms with Crippen LogP contribution in [0.4, 0.5) is 0 Å². The number of hydrogen-bond acceptors (Lipinski definition) is 2. The van der Waals surface area contributed by atoms with Crippen molar-refractivity contribution < 1.29 is 4.79 Å². The number of carbonyl (C=O) groups excluding carboxylic acids is 1. The molecule has 3 nitrogen and oxygen atoms in total. The maximum atomic E-state index is 11.8. The zero-order valence-electron chi connectivity index (χ0n) is 10.6. The monoisotopic (exact) mass is 224 g/mol. The summed E-state index contributed by atoms with van der Waals surface area (Å²) in [5.74, 6) is 1.22. The maximum absolute atomic E-state index is 11.8. The molecule has 2 aliphatic heterocycles. The molecule has 0 spiro atoms. The molecule has 0 radical (unpaired) electrons. The van der Waals surface area contributed by atoms with Gasteiger partial charge in [-0.3, -0.25) is 4.79 Å². The lowest BCUT2D eigenvalue weighted by Crippen LogP contribution is -2.34. The highest BCUT2D eigenvalue weighted by atomic mass is 16.2. The van der Waals surface area contributed by atoms with Crippen LogP contribution in [0.3, 0.4) is 0 Å². The molecule has 2 heterocycles. The molecule has 16 heavy (non-hydrogen) atoms. The van der Waals surface area contributed by atoms with Crippen LogP contribution in [0.1, 0.15) is 33.1 Å². The van der Waals surface area contributed by atoms with Crippen molar-refractivity contribution in [1.82, 2.24) is 9.80 Å². The Hall–Kier alpha value is -0.570. The van der Waals surface area contributed by atoms with Crippen molar-refractivity contribution in [2.45, 2.75) is 33.1 Å². The topological polar surface area (TPSA) is 23.6 Å². The average Bonchev–Trinajstić information content (AvgIpc) is 2.88. The summed E-state index contributed by atoms with van der Waals surface area (Å²) < 4.78 is 0. The minimum Gasteiger partial charge on any atom is -0.342 e. The number of amides is 1. The number of carbonyl (C=O) groups is 1. The van der Waals surface area contributed by atoms with Gasteiger partial charge in [0, 0.05) is 25.6 Å². The van der Waals surface area contributed by atoms with Gasteiger partial charge in [-0.2, -0.15) is 0 Å². The first-order valence-corrected chi connectivity index (χ1v) is 6.68. The van der Waals surface area contributed by atoms with Crippen LogP contribution in [0, 0.1) is 11.8 Å². The van der Waals surface area contributed by atoms with Crippen molar-refractivity contribution in [3.8, 4) is 0 Å². The third-order valence-corrected chi connectivity index (χ3v) is 3.81. The Morgan fingerprint density at radius 3 is 2.56 bits per heavy atom. The van der Waals surface area contributed by atoms with Gasteiger partial charge in [0.25, 0.3) is 0 Å². The lowest BCUT2D eigenvalue weighted by atomic mass is 10.1. The Morgan fingerprint density at radius 2 is 1.94 bits per heavy atom. The van der Waals surface area contributed by atoms with Crippen LogP contribution >= 0.6 is 0 Å². The summed E-state index contributed by atoms with van der Waals surface area (Å²) in [6.45, 7) is 9.72. The van der Waals surface area contributed by atoms with E-state index in [4.69, 9.17) is 0 Å². The number of hydrogen-bond donors (Lipinski definition) is 0. The van der Waals surface area contributed by atoms with Crippen LogP contribution in [-0.2, 0) is 4.79 Å². The molecule has 1 unspecified atom stereocenters. The lowest BCUT2D eigenvalue weighted by Gasteiger charge is -2.21. The molecule has 2 rings (SSSR count). The first-order valence-electron chi connectivity index (χ1n) is 6.68. The molecule has 0 aromatic carbocycles. The standard InChI is InChI=1S/C13H24N2O/c1-11(2)13(16)15-8-5-12(10-15)9-14-6-3-4-7-14/h11-12H,3-10H2,1-2H3. The minimum absolute atomic E-state index is 0.158. The van der Waals surface area contributed by atoms with Gasteiger partial charge in [-0.15, -0.1) is 0 Å². The van der Waals surface area contributed by atoms with Crippen molar-refractivity contribution in [2.24, 2.45) is 11.8 Å². The third kappa shape index (κ3) is 2.76. The molecule has 0 saturated carbocycles. The summed E-state index contributed by atoms with van der Waals surface area (Å²) >= 11 is 0. The van der Waals surface area contributed by atoms with Crippen LogP contribution in [0.25, 0.3) is 0 Å². The molecular weight excluding hydrogens is 200 g/mol. The molecule has 3 heteroatoms. The van der Waals surface area contributed by atoms with E-state index in [0.29, 0.717) is 5.91 Å². The van der Waals surface area contributed by atoms with Gasteiger partial charge in [0.15, 0.2) is 0 Å². The van der Waals surface area contributed by atoms with E-state index in [0.717, 1.165) is 19.0 Å². The summed E-state index contributed by atoms with van der Waals surface area (Å²) in [6, 6.07) is 0. The quantitative estimate of drug-likeness (QED) is 0.727.